The Bertz CT molecular complexity index is 705. The second kappa shape index (κ2) is 4.50. The molecular formula is C15H11BrN2. The quantitative estimate of drug-likeness (QED) is 0.667. The van der Waals surface area contributed by atoms with Crippen LogP contribution in [0.3, 0.4) is 0 Å². The first-order valence-electron chi connectivity index (χ1n) is 5.72. The molecule has 0 spiro atoms. The molecule has 1 aromatic carbocycles. The van der Waals surface area contributed by atoms with Crippen LogP contribution in [0.15, 0.2) is 53.1 Å². The molecule has 0 saturated heterocycles. The Morgan fingerprint density at radius 3 is 2.61 bits per heavy atom. The van der Waals surface area contributed by atoms with Crippen molar-refractivity contribution < 1.29 is 0 Å². The zero-order chi connectivity index (χ0) is 12.5. The van der Waals surface area contributed by atoms with Crippen LogP contribution in [-0.4, -0.2) is 9.97 Å². The molecule has 0 aliphatic rings. The number of aromatic nitrogens is 2. The Balaban J connectivity index is 2.21. The number of hydrogen-bond acceptors (Lipinski definition) is 2. The highest BCUT2D eigenvalue weighted by atomic mass is 79.9. The molecule has 0 unspecified atom stereocenters. The molecule has 88 valence electrons. The van der Waals surface area contributed by atoms with Gasteiger partial charge in [0.1, 0.15) is 0 Å². The highest BCUT2D eigenvalue weighted by Gasteiger charge is 2.05. The van der Waals surface area contributed by atoms with Crippen molar-refractivity contribution in [3.63, 3.8) is 0 Å². The van der Waals surface area contributed by atoms with Gasteiger partial charge in [-0.1, -0.05) is 28.1 Å². The van der Waals surface area contributed by atoms with Crippen LogP contribution in [0.2, 0.25) is 0 Å². The standard InChI is InChI=1S/C15H11BrN2/c1-10-9-14(11-4-6-12(16)7-5-11)18-13-3-2-8-17-15(10)13/h2-9H,1H3. The van der Waals surface area contributed by atoms with Gasteiger partial charge in [-0.25, -0.2) is 4.98 Å². The molecule has 0 amide bonds. The van der Waals surface area contributed by atoms with E-state index in [0.717, 1.165) is 32.3 Å². The minimum absolute atomic E-state index is 0.940. The van der Waals surface area contributed by atoms with Gasteiger partial charge in [-0.3, -0.25) is 4.98 Å². The zero-order valence-corrected chi connectivity index (χ0v) is 11.5. The minimum atomic E-state index is 0.940. The van der Waals surface area contributed by atoms with E-state index in [2.05, 4.69) is 51.0 Å². The van der Waals surface area contributed by atoms with Gasteiger partial charge in [-0.2, -0.15) is 0 Å². The fourth-order valence-electron chi connectivity index (χ4n) is 1.99. The van der Waals surface area contributed by atoms with Crippen molar-refractivity contribution in [2.45, 2.75) is 6.92 Å². The molecule has 3 rings (SSSR count). The maximum Gasteiger partial charge on any atom is 0.0916 e. The lowest BCUT2D eigenvalue weighted by Gasteiger charge is -2.06. The highest BCUT2D eigenvalue weighted by Crippen LogP contribution is 2.24. The number of rotatable bonds is 1. The van der Waals surface area contributed by atoms with Gasteiger partial charge >= 0.3 is 0 Å². The van der Waals surface area contributed by atoms with Gasteiger partial charge in [-0.05, 0) is 42.8 Å². The number of pyridine rings is 2. The van der Waals surface area contributed by atoms with E-state index in [0.29, 0.717) is 0 Å². The Kier molecular flexibility index (Phi) is 2.84. The van der Waals surface area contributed by atoms with E-state index < -0.39 is 0 Å². The van der Waals surface area contributed by atoms with E-state index in [1.165, 1.54) is 0 Å². The van der Waals surface area contributed by atoms with Crippen LogP contribution >= 0.6 is 15.9 Å². The smallest absolute Gasteiger partial charge is 0.0916 e. The predicted octanol–water partition coefficient (Wildman–Crippen LogP) is 4.37. The van der Waals surface area contributed by atoms with Gasteiger partial charge in [0, 0.05) is 16.2 Å². The summed E-state index contributed by atoms with van der Waals surface area (Å²) in [4.78, 5) is 9.02. The summed E-state index contributed by atoms with van der Waals surface area (Å²) in [7, 11) is 0. The van der Waals surface area contributed by atoms with Crippen molar-refractivity contribution >= 4 is 27.0 Å². The van der Waals surface area contributed by atoms with E-state index >= 15 is 0 Å². The largest absolute Gasteiger partial charge is 0.254 e. The second-order valence-electron chi connectivity index (χ2n) is 4.20. The molecule has 0 saturated carbocycles. The van der Waals surface area contributed by atoms with Crippen LogP contribution in [0.4, 0.5) is 0 Å². The molecule has 3 heteroatoms. The number of nitrogens with zero attached hydrogens (tertiary/aromatic N) is 2. The lowest BCUT2D eigenvalue weighted by molar-refractivity contribution is 1.30. The molecule has 0 aliphatic heterocycles. The van der Waals surface area contributed by atoms with Crippen molar-refractivity contribution in [1.29, 1.82) is 0 Å². The average molecular weight is 299 g/mol. The van der Waals surface area contributed by atoms with Crippen molar-refractivity contribution in [2.24, 2.45) is 0 Å². The Labute approximate surface area is 114 Å². The summed E-state index contributed by atoms with van der Waals surface area (Å²) in [6, 6.07) is 14.2. The fourth-order valence-corrected chi connectivity index (χ4v) is 2.26. The molecule has 3 aromatic rings. The molecule has 0 bridgehead atoms. The predicted molar refractivity (Wildman–Crippen MR) is 77.4 cm³/mol. The van der Waals surface area contributed by atoms with Crippen LogP contribution in [-0.2, 0) is 0 Å². The van der Waals surface area contributed by atoms with Gasteiger partial charge < -0.3 is 0 Å². The number of aryl methyl sites for hydroxylation is 1. The number of hydrogen-bond donors (Lipinski definition) is 0. The number of halogens is 1. The lowest BCUT2D eigenvalue weighted by atomic mass is 10.1. The van der Waals surface area contributed by atoms with Crippen LogP contribution in [0.5, 0.6) is 0 Å². The van der Waals surface area contributed by atoms with Crippen molar-refractivity contribution in [3.05, 3.63) is 58.7 Å². The number of fused-ring (bicyclic) bond motifs is 1. The topological polar surface area (TPSA) is 25.8 Å². The summed E-state index contributed by atoms with van der Waals surface area (Å²) < 4.78 is 1.07. The Hall–Kier alpha value is -1.74. The summed E-state index contributed by atoms with van der Waals surface area (Å²) in [6.45, 7) is 2.07. The van der Waals surface area contributed by atoms with Crippen LogP contribution in [0.25, 0.3) is 22.3 Å². The van der Waals surface area contributed by atoms with E-state index in [1.807, 2.05) is 24.3 Å². The van der Waals surface area contributed by atoms with E-state index in [1.54, 1.807) is 6.20 Å². The third kappa shape index (κ3) is 2.02. The van der Waals surface area contributed by atoms with Gasteiger partial charge in [0.15, 0.2) is 0 Å². The first-order valence-corrected chi connectivity index (χ1v) is 6.52. The summed E-state index contributed by atoms with van der Waals surface area (Å²) in [5, 5.41) is 0. The first-order chi connectivity index (χ1) is 8.74. The van der Waals surface area contributed by atoms with E-state index in [4.69, 9.17) is 0 Å². The molecule has 0 atom stereocenters. The summed E-state index contributed by atoms with van der Waals surface area (Å²) in [5.41, 5.74) is 5.17. The third-order valence-electron chi connectivity index (χ3n) is 2.89. The van der Waals surface area contributed by atoms with Gasteiger partial charge in [0.05, 0.1) is 16.7 Å². The molecular weight excluding hydrogens is 288 g/mol. The summed E-state index contributed by atoms with van der Waals surface area (Å²) in [5.74, 6) is 0. The molecule has 18 heavy (non-hydrogen) atoms. The molecule has 2 nitrogen and oxygen atoms in total. The van der Waals surface area contributed by atoms with E-state index in [-0.39, 0.29) is 0 Å². The molecule has 0 fully saturated rings. The average Bonchev–Trinajstić information content (AvgIpc) is 2.39. The van der Waals surface area contributed by atoms with Gasteiger partial charge in [-0.15, -0.1) is 0 Å². The summed E-state index contributed by atoms with van der Waals surface area (Å²) in [6.07, 6.45) is 1.80. The van der Waals surface area contributed by atoms with E-state index in [9.17, 15) is 0 Å². The molecule has 0 aliphatic carbocycles. The van der Waals surface area contributed by atoms with Crippen molar-refractivity contribution in [3.8, 4) is 11.3 Å². The Morgan fingerprint density at radius 2 is 1.83 bits per heavy atom. The summed E-state index contributed by atoms with van der Waals surface area (Å²) >= 11 is 3.44. The van der Waals surface area contributed by atoms with Crippen LogP contribution in [0, 0.1) is 6.92 Å². The van der Waals surface area contributed by atoms with Crippen molar-refractivity contribution in [1.82, 2.24) is 9.97 Å². The van der Waals surface area contributed by atoms with Crippen LogP contribution < -0.4 is 0 Å². The Morgan fingerprint density at radius 1 is 1.06 bits per heavy atom. The molecule has 0 radical (unpaired) electrons. The first kappa shape index (κ1) is 11.4. The maximum absolute atomic E-state index is 4.66. The minimum Gasteiger partial charge on any atom is -0.254 e. The second-order valence-corrected chi connectivity index (χ2v) is 5.12. The number of benzene rings is 1. The SMILES string of the molecule is Cc1cc(-c2ccc(Br)cc2)nc2cccnc12. The van der Waals surface area contributed by atoms with Crippen molar-refractivity contribution in [2.75, 3.05) is 0 Å². The molecule has 2 heterocycles. The monoisotopic (exact) mass is 298 g/mol. The lowest BCUT2D eigenvalue weighted by Crippen LogP contribution is -1.90. The third-order valence-corrected chi connectivity index (χ3v) is 3.42. The zero-order valence-electron chi connectivity index (χ0n) is 9.89. The van der Waals surface area contributed by atoms with Gasteiger partial charge in [0.2, 0.25) is 0 Å². The normalized spacial score (nSPS) is 10.8. The fraction of sp³-hybridized carbons (Fsp3) is 0.0667. The maximum atomic E-state index is 4.66. The van der Waals surface area contributed by atoms with Crippen LogP contribution in [0.1, 0.15) is 5.56 Å². The molecule has 2 aromatic heterocycles. The molecule has 0 N–H and O–H groups in total. The van der Waals surface area contributed by atoms with Gasteiger partial charge in [0.25, 0.3) is 0 Å². The highest BCUT2D eigenvalue weighted by molar-refractivity contribution is 9.10.